The highest BCUT2D eigenvalue weighted by molar-refractivity contribution is 8.01. The number of ether oxygens (including phenoxy) is 1. The topological polar surface area (TPSA) is 21.3 Å². The van der Waals surface area contributed by atoms with Crippen molar-refractivity contribution in [2.45, 2.75) is 25.0 Å². The molecule has 2 nitrogen and oxygen atoms in total. The summed E-state index contributed by atoms with van der Waals surface area (Å²) in [5.74, 6) is 4.50. The van der Waals surface area contributed by atoms with Crippen LogP contribution in [0.5, 0.6) is 0 Å². The van der Waals surface area contributed by atoms with Gasteiger partial charge in [0.05, 0.1) is 17.9 Å². The average molecular weight is 171 g/mol. The van der Waals surface area contributed by atoms with E-state index >= 15 is 0 Å². The van der Waals surface area contributed by atoms with Crippen molar-refractivity contribution in [1.82, 2.24) is 5.32 Å². The zero-order valence-electron chi connectivity index (χ0n) is 6.51. The van der Waals surface area contributed by atoms with E-state index in [9.17, 15) is 0 Å². The van der Waals surface area contributed by atoms with Crippen LogP contribution >= 0.6 is 11.8 Å². The number of hydrogen-bond acceptors (Lipinski definition) is 3. The first-order valence-electron chi connectivity index (χ1n) is 4.19. The van der Waals surface area contributed by atoms with Crippen LogP contribution in [0.25, 0.3) is 0 Å². The second-order valence-corrected chi connectivity index (χ2v) is 3.88. The quantitative estimate of drug-likeness (QED) is 0.633. The minimum absolute atomic E-state index is 0.385. The van der Waals surface area contributed by atoms with E-state index in [0.717, 1.165) is 18.9 Å². The van der Waals surface area contributed by atoms with E-state index in [1.54, 1.807) is 11.8 Å². The van der Waals surface area contributed by atoms with Gasteiger partial charge >= 0.3 is 0 Å². The maximum Gasteiger partial charge on any atom is 0.0743 e. The number of thioether (sulfide) groups is 1. The molecule has 2 rings (SSSR count). The second kappa shape index (κ2) is 3.78. The standard InChI is InChI=1S/C8H13NOS/c1-2-8(10-4-1)7-6-11-5-3-9-7/h7-9H,1-5H2. The van der Waals surface area contributed by atoms with Crippen molar-refractivity contribution in [2.24, 2.45) is 0 Å². The van der Waals surface area contributed by atoms with Crippen LogP contribution in [0.2, 0.25) is 0 Å². The highest BCUT2D eigenvalue weighted by atomic mass is 32.2. The molecule has 0 bridgehead atoms. The molecule has 2 radical (unpaired) electrons. The van der Waals surface area contributed by atoms with E-state index in [1.807, 2.05) is 0 Å². The zero-order valence-corrected chi connectivity index (χ0v) is 7.32. The van der Waals surface area contributed by atoms with E-state index in [-0.39, 0.29) is 0 Å². The van der Waals surface area contributed by atoms with Crippen LogP contribution in [-0.4, -0.2) is 31.1 Å². The van der Waals surface area contributed by atoms with Crippen LogP contribution in [0.4, 0.5) is 0 Å². The van der Waals surface area contributed by atoms with Gasteiger partial charge in [-0.05, 0) is 12.8 Å². The number of nitrogens with one attached hydrogen (secondary N) is 1. The molecule has 2 aliphatic heterocycles. The van der Waals surface area contributed by atoms with Crippen molar-refractivity contribution >= 4 is 11.8 Å². The van der Waals surface area contributed by atoms with E-state index in [4.69, 9.17) is 4.74 Å². The molecule has 0 saturated carbocycles. The maximum absolute atomic E-state index is 5.55. The lowest BCUT2D eigenvalue weighted by molar-refractivity contribution is 0.0897. The molecule has 11 heavy (non-hydrogen) atoms. The van der Waals surface area contributed by atoms with Crippen LogP contribution in [0.1, 0.15) is 12.8 Å². The average Bonchev–Trinajstić information content (AvgIpc) is 2.58. The monoisotopic (exact) mass is 171 g/mol. The lowest BCUT2D eigenvalue weighted by Crippen LogP contribution is -2.43. The first kappa shape index (κ1) is 7.90. The third kappa shape index (κ3) is 1.89. The summed E-state index contributed by atoms with van der Waals surface area (Å²) in [6.45, 7) is 2.04. The smallest absolute Gasteiger partial charge is 0.0743 e. The molecule has 2 unspecified atom stereocenters. The molecule has 0 amide bonds. The fraction of sp³-hybridized carbons (Fsp3) is 0.875. The van der Waals surface area contributed by atoms with Gasteiger partial charge in [0, 0.05) is 18.9 Å². The van der Waals surface area contributed by atoms with Crippen molar-refractivity contribution in [2.75, 3.05) is 18.9 Å². The molecular weight excluding hydrogens is 158 g/mol. The summed E-state index contributed by atoms with van der Waals surface area (Å²) >= 11 is 1.80. The minimum Gasteiger partial charge on any atom is -0.377 e. The van der Waals surface area contributed by atoms with Gasteiger partial charge < -0.3 is 10.1 Å². The van der Waals surface area contributed by atoms with Crippen LogP contribution < -0.4 is 5.32 Å². The normalized spacial score (nSPS) is 39.3. The summed E-state index contributed by atoms with van der Waals surface area (Å²) in [6.07, 6.45) is 2.82. The Balaban J connectivity index is 1.82. The highest BCUT2D eigenvalue weighted by Crippen LogP contribution is 2.23. The van der Waals surface area contributed by atoms with E-state index in [0.29, 0.717) is 12.1 Å². The van der Waals surface area contributed by atoms with Gasteiger partial charge in [-0.25, -0.2) is 0 Å². The molecule has 2 atom stereocenters. The third-order valence-corrected chi connectivity index (χ3v) is 2.94. The van der Waals surface area contributed by atoms with Gasteiger partial charge in [-0.2, -0.15) is 0 Å². The molecule has 2 fully saturated rings. The van der Waals surface area contributed by atoms with Crippen molar-refractivity contribution in [3.63, 3.8) is 0 Å². The lowest BCUT2D eigenvalue weighted by Gasteiger charge is -2.26. The SMILES string of the molecule is [C]1SCCNC1C1CCCO1. The molecule has 0 aromatic heterocycles. The van der Waals surface area contributed by atoms with E-state index < -0.39 is 0 Å². The summed E-state index contributed by atoms with van der Waals surface area (Å²) in [7, 11) is 0. The second-order valence-electron chi connectivity index (χ2n) is 2.95. The summed E-state index contributed by atoms with van der Waals surface area (Å²) in [6, 6.07) is 0.385. The Labute approximate surface area is 72.1 Å². The molecule has 0 aliphatic carbocycles. The molecule has 2 saturated heterocycles. The molecule has 2 aliphatic rings. The summed E-state index contributed by atoms with van der Waals surface area (Å²) in [4.78, 5) is 0. The maximum atomic E-state index is 5.55. The molecule has 0 aromatic carbocycles. The van der Waals surface area contributed by atoms with Gasteiger partial charge in [-0.1, -0.05) is 0 Å². The van der Waals surface area contributed by atoms with Crippen LogP contribution in [-0.2, 0) is 4.74 Å². The van der Waals surface area contributed by atoms with Crippen LogP contribution in [0.3, 0.4) is 0 Å². The van der Waals surface area contributed by atoms with Crippen molar-refractivity contribution in [3.05, 3.63) is 5.75 Å². The van der Waals surface area contributed by atoms with Gasteiger partial charge in [-0.3, -0.25) is 0 Å². The van der Waals surface area contributed by atoms with Gasteiger partial charge in [0.15, 0.2) is 0 Å². The largest absolute Gasteiger partial charge is 0.377 e. The molecular formula is C8H13NOS. The zero-order chi connectivity index (χ0) is 7.52. The first-order chi connectivity index (χ1) is 5.47. The molecule has 0 spiro atoms. The third-order valence-electron chi connectivity index (χ3n) is 2.12. The summed E-state index contributed by atoms with van der Waals surface area (Å²) in [5.41, 5.74) is 0. The predicted octanol–water partition coefficient (Wildman–Crippen LogP) is 0.909. The fourth-order valence-corrected chi connectivity index (χ4v) is 2.28. The Hall–Kier alpha value is 0.270. The molecule has 2 heterocycles. The van der Waals surface area contributed by atoms with Gasteiger partial charge in [0.1, 0.15) is 0 Å². The highest BCUT2D eigenvalue weighted by Gasteiger charge is 2.27. The minimum atomic E-state index is 0.385. The Morgan fingerprint density at radius 3 is 3.18 bits per heavy atom. The Kier molecular flexibility index (Phi) is 2.72. The summed E-state index contributed by atoms with van der Waals surface area (Å²) < 4.78 is 5.55. The van der Waals surface area contributed by atoms with Crippen LogP contribution in [0.15, 0.2) is 0 Å². The van der Waals surface area contributed by atoms with Crippen LogP contribution in [0, 0.1) is 5.75 Å². The molecule has 1 N–H and O–H groups in total. The number of hydrogen-bond donors (Lipinski definition) is 1. The van der Waals surface area contributed by atoms with E-state index in [1.165, 1.54) is 12.8 Å². The molecule has 3 heteroatoms. The lowest BCUT2D eigenvalue weighted by atomic mass is 10.1. The van der Waals surface area contributed by atoms with Crippen molar-refractivity contribution in [3.8, 4) is 0 Å². The fourth-order valence-electron chi connectivity index (χ4n) is 1.53. The first-order valence-corrected chi connectivity index (χ1v) is 5.18. The number of rotatable bonds is 1. The Morgan fingerprint density at radius 2 is 2.55 bits per heavy atom. The molecule has 62 valence electrons. The van der Waals surface area contributed by atoms with Gasteiger partial charge in [-0.15, -0.1) is 11.8 Å². The summed E-state index contributed by atoms with van der Waals surface area (Å²) in [5, 5.41) is 3.40. The molecule has 0 aromatic rings. The van der Waals surface area contributed by atoms with Crippen molar-refractivity contribution < 1.29 is 4.74 Å². The Bertz CT molecular complexity index is 119. The van der Waals surface area contributed by atoms with Gasteiger partial charge in [0.2, 0.25) is 0 Å². The van der Waals surface area contributed by atoms with E-state index in [2.05, 4.69) is 11.1 Å². The van der Waals surface area contributed by atoms with Crippen molar-refractivity contribution in [1.29, 1.82) is 0 Å². The Morgan fingerprint density at radius 1 is 1.55 bits per heavy atom. The van der Waals surface area contributed by atoms with Gasteiger partial charge in [0.25, 0.3) is 0 Å². The predicted molar refractivity (Wildman–Crippen MR) is 46.5 cm³/mol.